The second-order valence-corrected chi connectivity index (χ2v) is 14.7. The summed E-state index contributed by atoms with van der Waals surface area (Å²) in [6.07, 6.45) is 0. The van der Waals surface area contributed by atoms with Crippen molar-refractivity contribution in [1.29, 1.82) is 0 Å². The molecule has 2 nitrogen and oxygen atoms in total. The molecule has 0 bridgehead atoms. The van der Waals surface area contributed by atoms with Gasteiger partial charge in [-0.25, -0.2) is 0 Å². The SMILES string of the molecule is c1ccc2c(c1)oc1cc3ccc4oc5cc(-c6c7ccccc7c(-c7ccc8c(c7)sc7ccccc78)c7ccccc67)ccc5c4c3cc12. The van der Waals surface area contributed by atoms with Crippen molar-refractivity contribution < 1.29 is 8.83 Å². The van der Waals surface area contributed by atoms with E-state index < -0.39 is 0 Å². The van der Waals surface area contributed by atoms with E-state index >= 15 is 0 Å². The number of hydrogen-bond acceptors (Lipinski definition) is 3. The standard InChI is InChI=1S/C48H26O2S/c1-3-13-35-33(11-1)46(34-12-2-4-14-36(34)47(35)29-17-20-32-31-10-6-8-16-44(31)51-45(32)25-29)28-18-21-37-42(24-28)50-41-22-19-27-23-43-39(26-38(27)48(37)41)30-9-5-7-15-40(30)49-43/h1-26H. The van der Waals surface area contributed by atoms with Gasteiger partial charge in [-0.1, -0.05) is 109 Å². The number of benzene rings is 9. The van der Waals surface area contributed by atoms with Gasteiger partial charge in [-0.05, 0) is 103 Å². The molecule has 0 saturated carbocycles. The van der Waals surface area contributed by atoms with Gasteiger partial charge in [0.15, 0.2) is 0 Å². The molecule has 0 saturated heterocycles. The molecule has 0 atom stereocenters. The summed E-state index contributed by atoms with van der Waals surface area (Å²) < 4.78 is 15.5. The molecule has 12 aromatic rings. The van der Waals surface area contributed by atoms with Crippen LogP contribution in [0.3, 0.4) is 0 Å². The molecule has 9 aromatic carbocycles. The Morgan fingerprint density at radius 1 is 0.314 bits per heavy atom. The fourth-order valence-corrected chi connectivity index (χ4v) is 9.75. The van der Waals surface area contributed by atoms with Gasteiger partial charge in [0.05, 0.1) is 0 Å². The third kappa shape index (κ3) is 3.81. The Kier molecular flexibility index (Phi) is 5.41. The second-order valence-electron chi connectivity index (χ2n) is 13.6. The average Bonchev–Trinajstić information content (AvgIpc) is 3.86. The quantitative estimate of drug-likeness (QED) is 0.172. The van der Waals surface area contributed by atoms with Crippen LogP contribution in [0.15, 0.2) is 167 Å². The molecule has 0 amide bonds. The summed E-state index contributed by atoms with van der Waals surface area (Å²) >= 11 is 1.87. The highest BCUT2D eigenvalue weighted by molar-refractivity contribution is 7.25. The van der Waals surface area contributed by atoms with E-state index in [0.717, 1.165) is 54.8 Å². The van der Waals surface area contributed by atoms with Crippen LogP contribution < -0.4 is 0 Å². The summed E-state index contributed by atoms with van der Waals surface area (Å²) in [7, 11) is 0. The minimum Gasteiger partial charge on any atom is -0.456 e. The highest BCUT2D eigenvalue weighted by Gasteiger charge is 2.20. The highest BCUT2D eigenvalue weighted by atomic mass is 32.1. The van der Waals surface area contributed by atoms with Gasteiger partial charge in [0.25, 0.3) is 0 Å². The van der Waals surface area contributed by atoms with Crippen LogP contribution in [0.1, 0.15) is 0 Å². The Morgan fingerprint density at radius 2 is 0.882 bits per heavy atom. The average molecular weight is 667 g/mol. The number of fused-ring (bicyclic) bond motifs is 13. The first-order valence-corrected chi connectivity index (χ1v) is 18.1. The zero-order valence-corrected chi connectivity index (χ0v) is 28.1. The third-order valence-corrected chi connectivity index (χ3v) is 12.0. The molecule has 0 aliphatic rings. The largest absolute Gasteiger partial charge is 0.456 e. The van der Waals surface area contributed by atoms with Crippen LogP contribution in [0, 0.1) is 0 Å². The highest BCUT2D eigenvalue weighted by Crippen LogP contribution is 2.47. The van der Waals surface area contributed by atoms with Crippen molar-refractivity contribution in [2.24, 2.45) is 0 Å². The van der Waals surface area contributed by atoms with E-state index in [4.69, 9.17) is 8.83 Å². The summed E-state index contributed by atoms with van der Waals surface area (Å²) in [4.78, 5) is 0. The Morgan fingerprint density at radius 3 is 1.63 bits per heavy atom. The fourth-order valence-electron chi connectivity index (χ4n) is 8.60. The first kappa shape index (κ1) is 27.4. The lowest BCUT2D eigenvalue weighted by Gasteiger charge is -2.17. The van der Waals surface area contributed by atoms with E-state index in [-0.39, 0.29) is 0 Å². The Bertz CT molecular complexity index is 3370. The molecule has 51 heavy (non-hydrogen) atoms. The maximum absolute atomic E-state index is 6.66. The minimum absolute atomic E-state index is 0.889. The first-order valence-electron chi connectivity index (χ1n) is 17.3. The summed E-state index contributed by atoms with van der Waals surface area (Å²) in [6, 6.07) is 57.2. The molecule has 0 radical (unpaired) electrons. The van der Waals surface area contributed by atoms with E-state index in [2.05, 4.69) is 146 Å². The van der Waals surface area contributed by atoms with Crippen molar-refractivity contribution in [3.8, 4) is 22.3 Å². The normalized spacial score (nSPS) is 12.3. The van der Waals surface area contributed by atoms with Crippen LogP contribution >= 0.6 is 11.3 Å². The third-order valence-electron chi connectivity index (χ3n) is 10.8. The van der Waals surface area contributed by atoms with Gasteiger partial charge >= 0.3 is 0 Å². The van der Waals surface area contributed by atoms with Gasteiger partial charge in [-0.15, -0.1) is 11.3 Å². The van der Waals surface area contributed by atoms with Crippen molar-refractivity contribution in [1.82, 2.24) is 0 Å². The Balaban J connectivity index is 1.10. The van der Waals surface area contributed by atoms with Crippen molar-refractivity contribution in [2.75, 3.05) is 0 Å². The van der Waals surface area contributed by atoms with Gasteiger partial charge < -0.3 is 8.83 Å². The fraction of sp³-hybridized carbons (Fsp3) is 0. The molecule has 0 aliphatic carbocycles. The molecule has 0 N–H and O–H groups in total. The van der Waals surface area contributed by atoms with Crippen LogP contribution in [0.4, 0.5) is 0 Å². The van der Waals surface area contributed by atoms with E-state index in [9.17, 15) is 0 Å². The zero-order chi connectivity index (χ0) is 33.2. The lowest BCUT2D eigenvalue weighted by atomic mass is 9.85. The van der Waals surface area contributed by atoms with Crippen molar-refractivity contribution in [3.63, 3.8) is 0 Å². The van der Waals surface area contributed by atoms with Crippen LogP contribution in [0.25, 0.3) is 119 Å². The van der Waals surface area contributed by atoms with Crippen molar-refractivity contribution in [3.05, 3.63) is 158 Å². The van der Waals surface area contributed by atoms with Gasteiger partial charge in [-0.2, -0.15) is 0 Å². The number of furan rings is 2. The molecule has 236 valence electrons. The van der Waals surface area contributed by atoms with Crippen molar-refractivity contribution in [2.45, 2.75) is 0 Å². The predicted octanol–water partition coefficient (Wildman–Crippen LogP) is 14.6. The Labute approximate surface area is 295 Å². The molecular weight excluding hydrogens is 641 g/mol. The van der Waals surface area contributed by atoms with Crippen LogP contribution in [-0.2, 0) is 0 Å². The molecule has 0 aliphatic heterocycles. The zero-order valence-electron chi connectivity index (χ0n) is 27.2. The molecule has 0 unspecified atom stereocenters. The van der Waals surface area contributed by atoms with E-state index in [1.807, 2.05) is 23.5 Å². The van der Waals surface area contributed by atoms with Crippen LogP contribution in [-0.4, -0.2) is 0 Å². The van der Waals surface area contributed by atoms with Gasteiger partial charge in [0, 0.05) is 41.7 Å². The lowest BCUT2D eigenvalue weighted by Crippen LogP contribution is -1.90. The molecule has 0 fully saturated rings. The summed E-state index contributed by atoms with van der Waals surface area (Å²) in [5, 5.41) is 14.4. The molecular formula is C48H26O2S. The molecule has 3 heterocycles. The maximum atomic E-state index is 6.66. The van der Waals surface area contributed by atoms with Gasteiger partial charge in [0.1, 0.15) is 22.3 Å². The summed E-state index contributed by atoms with van der Waals surface area (Å²) in [5.74, 6) is 0. The van der Waals surface area contributed by atoms with Gasteiger partial charge in [0.2, 0.25) is 0 Å². The first-order chi connectivity index (χ1) is 25.3. The molecule has 3 heteroatoms. The monoisotopic (exact) mass is 666 g/mol. The van der Waals surface area contributed by atoms with E-state index in [0.29, 0.717) is 0 Å². The van der Waals surface area contributed by atoms with E-state index in [1.54, 1.807) is 0 Å². The van der Waals surface area contributed by atoms with Crippen molar-refractivity contribution >= 4 is 108 Å². The molecule has 0 spiro atoms. The second kappa shape index (κ2) is 10.1. The predicted molar refractivity (Wildman–Crippen MR) is 217 cm³/mol. The number of para-hydroxylation sites is 1. The molecule has 3 aromatic heterocycles. The smallest absolute Gasteiger partial charge is 0.136 e. The number of thiophene rings is 1. The summed E-state index contributed by atoms with van der Waals surface area (Å²) in [5.41, 5.74) is 8.49. The minimum atomic E-state index is 0.889. The van der Waals surface area contributed by atoms with Crippen LogP contribution in [0.2, 0.25) is 0 Å². The number of hydrogen-bond donors (Lipinski definition) is 0. The lowest BCUT2D eigenvalue weighted by molar-refractivity contribution is 0.668. The maximum Gasteiger partial charge on any atom is 0.136 e. The van der Waals surface area contributed by atoms with Crippen LogP contribution in [0.5, 0.6) is 0 Å². The van der Waals surface area contributed by atoms with E-state index in [1.165, 1.54) is 63.8 Å². The summed E-state index contributed by atoms with van der Waals surface area (Å²) in [6.45, 7) is 0. The number of rotatable bonds is 2. The molecule has 12 rings (SSSR count). The topological polar surface area (TPSA) is 26.3 Å². The Hall–Kier alpha value is -6.42. The van der Waals surface area contributed by atoms with Gasteiger partial charge in [-0.3, -0.25) is 0 Å².